The fraction of sp³-hybridized carbons (Fsp3) is 0.321. The van der Waals surface area contributed by atoms with Crippen LogP contribution >= 0.6 is 11.8 Å². The Balaban J connectivity index is 1.27. The molecule has 2 aromatic carbocycles. The fourth-order valence-electron chi connectivity index (χ4n) is 4.71. The van der Waals surface area contributed by atoms with E-state index in [0.29, 0.717) is 24.7 Å². The second-order valence-electron chi connectivity index (χ2n) is 8.93. The van der Waals surface area contributed by atoms with Gasteiger partial charge in [0, 0.05) is 30.1 Å². The van der Waals surface area contributed by atoms with E-state index in [0.717, 1.165) is 47.1 Å². The molecule has 0 saturated carbocycles. The van der Waals surface area contributed by atoms with Crippen LogP contribution < -0.4 is 5.32 Å². The van der Waals surface area contributed by atoms with Crippen LogP contribution in [0.4, 0.5) is 0 Å². The molecule has 35 heavy (non-hydrogen) atoms. The summed E-state index contributed by atoms with van der Waals surface area (Å²) < 4.78 is 2.16. The quantitative estimate of drug-likeness (QED) is 0.339. The topological polar surface area (TPSA) is 63.1 Å². The minimum atomic E-state index is -0.00615. The lowest BCUT2D eigenvalue weighted by atomic mass is 10.1. The SMILES string of the molecule is CCN1CCC[C@@H]1CNC(=O)c1ccc(Cn2c(SCc3ccccc3)nc3cccnc32)cc1. The van der Waals surface area contributed by atoms with Crippen molar-refractivity contribution >= 4 is 28.8 Å². The van der Waals surface area contributed by atoms with Gasteiger partial charge in [0.25, 0.3) is 5.91 Å². The molecule has 2 aromatic heterocycles. The van der Waals surface area contributed by atoms with Crippen LogP contribution in [0.1, 0.15) is 41.3 Å². The van der Waals surface area contributed by atoms with Crippen molar-refractivity contribution in [3.63, 3.8) is 0 Å². The molecule has 1 atom stereocenters. The molecule has 0 unspecified atom stereocenters. The third-order valence-corrected chi connectivity index (χ3v) is 7.69. The predicted octanol–water partition coefficient (Wildman–Crippen LogP) is 4.99. The van der Waals surface area contributed by atoms with Gasteiger partial charge in [-0.05, 0) is 61.3 Å². The average molecular weight is 486 g/mol. The highest BCUT2D eigenvalue weighted by molar-refractivity contribution is 7.98. The zero-order valence-corrected chi connectivity index (χ0v) is 20.9. The summed E-state index contributed by atoms with van der Waals surface area (Å²) in [6.45, 7) is 5.72. The van der Waals surface area contributed by atoms with Crippen LogP contribution in [-0.2, 0) is 12.3 Å². The van der Waals surface area contributed by atoms with E-state index in [9.17, 15) is 4.79 Å². The van der Waals surface area contributed by atoms with Gasteiger partial charge in [0.1, 0.15) is 5.52 Å². The zero-order valence-electron chi connectivity index (χ0n) is 20.1. The van der Waals surface area contributed by atoms with E-state index in [1.807, 2.05) is 48.7 Å². The van der Waals surface area contributed by atoms with Gasteiger partial charge in [-0.2, -0.15) is 0 Å². The summed E-state index contributed by atoms with van der Waals surface area (Å²) in [5, 5.41) is 4.07. The van der Waals surface area contributed by atoms with E-state index in [-0.39, 0.29) is 5.91 Å². The van der Waals surface area contributed by atoms with Crippen molar-refractivity contribution in [1.82, 2.24) is 24.8 Å². The lowest BCUT2D eigenvalue weighted by molar-refractivity contribution is 0.0941. The number of nitrogens with zero attached hydrogens (tertiary/aromatic N) is 4. The number of benzene rings is 2. The van der Waals surface area contributed by atoms with Crippen LogP contribution in [0, 0.1) is 0 Å². The number of likely N-dealkylation sites (N-methyl/N-ethyl adjacent to an activating group) is 1. The number of imidazole rings is 1. The molecule has 3 heterocycles. The average Bonchev–Trinajstić information content (AvgIpc) is 3.51. The van der Waals surface area contributed by atoms with E-state index in [1.165, 1.54) is 12.0 Å². The van der Waals surface area contributed by atoms with Gasteiger partial charge >= 0.3 is 0 Å². The van der Waals surface area contributed by atoms with Crippen LogP contribution in [0.2, 0.25) is 0 Å². The number of nitrogens with one attached hydrogen (secondary N) is 1. The standard InChI is InChI=1S/C28H31N5OS/c1-2-32-17-7-10-24(32)18-30-27(34)23-14-12-21(13-15-23)19-33-26-25(11-6-16-29-26)31-28(33)35-20-22-8-4-3-5-9-22/h3-6,8-9,11-16,24H,2,7,10,17-20H2,1H3,(H,30,34)/t24-/m1/s1. The highest BCUT2D eigenvalue weighted by atomic mass is 32.2. The third-order valence-electron chi connectivity index (χ3n) is 6.64. The number of hydrogen-bond acceptors (Lipinski definition) is 5. The molecule has 0 spiro atoms. The van der Waals surface area contributed by atoms with Gasteiger partial charge in [-0.1, -0.05) is 61.2 Å². The molecule has 180 valence electrons. The molecule has 1 fully saturated rings. The van der Waals surface area contributed by atoms with Crippen molar-refractivity contribution in [2.24, 2.45) is 0 Å². The second-order valence-corrected chi connectivity index (χ2v) is 9.88. The van der Waals surface area contributed by atoms with E-state index in [1.54, 1.807) is 11.8 Å². The van der Waals surface area contributed by atoms with E-state index >= 15 is 0 Å². The van der Waals surface area contributed by atoms with Gasteiger partial charge in [0.05, 0.1) is 6.54 Å². The summed E-state index contributed by atoms with van der Waals surface area (Å²) in [4.78, 5) is 24.6. The number of likely N-dealkylation sites (tertiary alicyclic amines) is 1. The summed E-state index contributed by atoms with van der Waals surface area (Å²) >= 11 is 1.72. The van der Waals surface area contributed by atoms with Crippen molar-refractivity contribution in [2.75, 3.05) is 19.6 Å². The molecule has 0 radical (unpaired) electrons. The van der Waals surface area contributed by atoms with Crippen molar-refractivity contribution in [3.05, 3.63) is 89.6 Å². The molecule has 4 aromatic rings. The summed E-state index contributed by atoms with van der Waals surface area (Å²) in [5.41, 5.74) is 4.84. The number of fused-ring (bicyclic) bond motifs is 1. The lowest BCUT2D eigenvalue weighted by Gasteiger charge is -2.22. The van der Waals surface area contributed by atoms with Crippen LogP contribution in [-0.4, -0.2) is 51.0 Å². The molecule has 1 saturated heterocycles. The van der Waals surface area contributed by atoms with Gasteiger partial charge in [-0.3, -0.25) is 14.3 Å². The first-order valence-corrected chi connectivity index (χ1v) is 13.3. The van der Waals surface area contributed by atoms with Crippen molar-refractivity contribution < 1.29 is 4.79 Å². The van der Waals surface area contributed by atoms with Crippen LogP contribution in [0.15, 0.2) is 78.1 Å². The minimum Gasteiger partial charge on any atom is -0.350 e. The van der Waals surface area contributed by atoms with Crippen LogP contribution in [0.5, 0.6) is 0 Å². The Morgan fingerprint density at radius 1 is 1.06 bits per heavy atom. The number of carbonyl (C=O) groups excluding carboxylic acids is 1. The Bertz CT molecular complexity index is 1270. The Kier molecular flexibility index (Phi) is 7.45. The Labute approximate surface area is 210 Å². The highest BCUT2D eigenvalue weighted by Crippen LogP contribution is 2.27. The summed E-state index contributed by atoms with van der Waals surface area (Å²) in [6, 6.07) is 22.7. The number of carbonyl (C=O) groups is 1. The van der Waals surface area contributed by atoms with E-state index < -0.39 is 0 Å². The molecule has 7 heteroatoms. The van der Waals surface area contributed by atoms with Crippen molar-refractivity contribution in [3.8, 4) is 0 Å². The van der Waals surface area contributed by atoms with Gasteiger partial charge < -0.3 is 5.32 Å². The summed E-state index contributed by atoms with van der Waals surface area (Å²) in [6.07, 6.45) is 4.18. The normalized spacial score (nSPS) is 16.1. The number of hydrogen-bond donors (Lipinski definition) is 1. The second kappa shape index (κ2) is 11.1. The smallest absolute Gasteiger partial charge is 0.251 e. The first-order chi connectivity index (χ1) is 17.2. The first-order valence-electron chi connectivity index (χ1n) is 12.3. The largest absolute Gasteiger partial charge is 0.350 e. The number of aromatic nitrogens is 3. The van der Waals surface area contributed by atoms with Crippen LogP contribution in [0.25, 0.3) is 11.2 Å². The third kappa shape index (κ3) is 5.57. The predicted molar refractivity (Wildman–Crippen MR) is 142 cm³/mol. The molecular formula is C28H31N5OS. The van der Waals surface area contributed by atoms with Crippen LogP contribution in [0.3, 0.4) is 0 Å². The molecule has 1 aliphatic heterocycles. The molecule has 0 aliphatic carbocycles. The molecule has 1 N–H and O–H groups in total. The molecule has 6 nitrogen and oxygen atoms in total. The monoisotopic (exact) mass is 485 g/mol. The van der Waals surface area contributed by atoms with E-state index in [4.69, 9.17) is 4.98 Å². The molecule has 5 rings (SSSR count). The van der Waals surface area contributed by atoms with Gasteiger partial charge in [-0.15, -0.1) is 0 Å². The number of rotatable bonds is 9. The number of thioether (sulfide) groups is 1. The molecule has 0 bridgehead atoms. The number of pyridine rings is 1. The van der Waals surface area contributed by atoms with Gasteiger partial charge in [0.15, 0.2) is 10.8 Å². The maximum Gasteiger partial charge on any atom is 0.251 e. The first kappa shape index (κ1) is 23.6. The zero-order chi connectivity index (χ0) is 24.0. The fourth-order valence-corrected chi connectivity index (χ4v) is 5.67. The molecule has 1 aliphatic rings. The Morgan fingerprint density at radius 2 is 1.89 bits per heavy atom. The van der Waals surface area contributed by atoms with Gasteiger partial charge in [0.2, 0.25) is 0 Å². The maximum absolute atomic E-state index is 12.7. The van der Waals surface area contributed by atoms with Crippen molar-refractivity contribution in [2.45, 2.75) is 43.3 Å². The Morgan fingerprint density at radius 3 is 2.69 bits per heavy atom. The lowest BCUT2D eigenvalue weighted by Crippen LogP contribution is -2.40. The minimum absolute atomic E-state index is 0.00615. The molecule has 1 amide bonds. The molecular weight excluding hydrogens is 454 g/mol. The number of amides is 1. The summed E-state index contributed by atoms with van der Waals surface area (Å²) in [5.74, 6) is 0.841. The highest BCUT2D eigenvalue weighted by Gasteiger charge is 2.23. The van der Waals surface area contributed by atoms with Crippen molar-refractivity contribution in [1.29, 1.82) is 0 Å². The van der Waals surface area contributed by atoms with Gasteiger partial charge in [-0.25, -0.2) is 9.97 Å². The Hall–Kier alpha value is -3.16. The maximum atomic E-state index is 12.7. The summed E-state index contributed by atoms with van der Waals surface area (Å²) in [7, 11) is 0. The van der Waals surface area contributed by atoms with E-state index in [2.05, 4.69) is 51.0 Å².